The number of allylic oxidation sites excluding steroid dienone is 1. The second-order valence-electron chi connectivity index (χ2n) is 6.54. The third-order valence-corrected chi connectivity index (χ3v) is 4.44. The molecule has 0 aliphatic heterocycles. The molecule has 3 rings (SSSR count). The monoisotopic (exact) mass is 326 g/mol. The summed E-state index contributed by atoms with van der Waals surface area (Å²) in [6.45, 7) is 8.45. The largest absolute Gasteiger partial charge is 0.318 e. The quantitative estimate of drug-likeness (QED) is 0.561. The zero-order valence-electron chi connectivity index (χ0n) is 15.2. The third kappa shape index (κ3) is 3.41. The molecule has 0 saturated heterocycles. The lowest BCUT2D eigenvalue weighted by atomic mass is 10.0. The second-order valence-corrected chi connectivity index (χ2v) is 6.54. The molecular weight excluding hydrogens is 304 g/mol. The van der Waals surface area contributed by atoms with E-state index in [9.17, 15) is 5.26 Å². The summed E-state index contributed by atoms with van der Waals surface area (Å²) in [5.41, 5.74) is 8.69. The average Bonchev–Trinajstić information content (AvgIpc) is 2.86. The zero-order valence-corrected chi connectivity index (χ0v) is 15.2. The van der Waals surface area contributed by atoms with Crippen molar-refractivity contribution in [2.24, 2.45) is 0 Å². The molecule has 0 aliphatic rings. The van der Waals surface area contributed by atoms with Crippen LogP contribution in [0.4, 0.5) is 0 Å². The minimum atomic E-state index is 0.682. The summed E-state index contributed by atoms with van der Waals surface area (Å²) in [5, 5.41) is 9.57. The van der Waals surface area contributed by atoms with E-state index in [0.29, 0.717) is 5.57 Å². The molecule has 0 bridgehead atoms. The zero-order chi connectivity index (χ0) is 18.0. The first kappa shape index (κ1) is 16.8. The summed E-state index contributed by atoms with van der Waals surface area (Å²) in [6, 6.07) is 20.9. The van der Waals surface area contributed by atoms with Crippen molar-refractivity contribution in [2.45, 2.75) is 27.7 Å². The van der Waals surface area contributed by atoms with Gasteiger partial charge in [0.25, 0.3) is 0 Å². The van der Waals surface area contributed by atoms with Crippen molar-refractivity contribution in [3.63, 3.8) is 0 Å². The average molecular weight is 326 g/mol. The molecule has 0 amide bonds. The first-order chi connectivity index (χ1) is 12.0. The van der Waals surface area contributed by atoms with E-state index in [0.717, 1.165) is 16.8 Å². The Hall–Kier alpha value is -3.05. The highest BCUT2D eigenvalue weighted by molar-refractivity contribution is 5.90. The molecule has 2 nitrogen and oxygen atoms in total. The van der Waals surface area contributed by atoms with Crippen LogP contribution in [0.25, 0.3) is 17.3 Å². The van der Waals surface area contributed by atoms with E-state index < -0.39 is 0 Å². The first-order valence-corrected chi connectivity index (χ1v) is 8.44. The van der Waals surface area contributed by atoms with Crippen molar-refractivity contribution in [1.29, 1.82) is 5.26 Å². The molecule has 1 aromatic heterocycles. The molecule has 124 valence electrons. The van der Waals surface area contributed by atoms with Crippen LogP contribution in [-0.2, 0) is 0 Å². The topological polar surface area (TPSA) is 28.7 Å². The number of rotatable bonds is 3. The van der Waals surface area contributed by atoms with Gasteiger partial charge in [-0.2, -0.15) is 5.26 Å². The maximum atomic E-state index is 9.57. The second kappa shape index (κ2) is 6.83. The summed E-state index contributed by atoms with van der Waals surface area (Å²) >= 11 is 0. The SMILES string of the molecule is Cc1cc(C)cc(-n2c(C)cc(/C=C(/C#N)c3ccccc3)c2C)c1. The van der Waals surface area contributed by atoms with Crippen molar-refractivity contribution in [1.82, 2.24) is 4.57 Å². The highest BCUT2D eigenvalue weighted by atomic mass is 15.0. The molecule has 0 radical (unpaired) electrons. The van der Waals surface area contributed by atoms with E-state index >= 15 is 0 Å². The Bertz CT molecular complexity index is 963. The Morgan fingerprint density at radius 1 is 0.920 bits per heavy atom. The maximum absolute atomic E-state index is 9.57. The van der Waals surface area contributed by atoms with Crippen molar-refractivity contribution in [2.75, 3.05) is 0 Å². The lowest BCUT2D eigenvalue weighted by Gasteiger charge is -2.12. The number of hydrogen-bond acceptors (Lipinski definition) is 1. The number of benzene rings is 2. The van der Waals surface area contributed by atoms with Gasteiger partial charge in [-0.15, -0.1) is 0 Å². The fourth-order valence-electron chi connectivity index (χ4n) is 3.36. The minimum absolute atomic E-state index is 0.682. The van der Waals surface area contributed by atoms with E-state index in [4.69, 9.17) is 0 Å². The molecule has 2 heteroatoms. The standard InChI is InChI=1S/C23H22N2/c1-16-10-17(2)12-23(11-16)25-18(3)13-21(19(25)4)14-22(15-24)20-8-6-5-7-9-20/h5-14H,1-4H3/b22-14-. The lowest BCUT2D eigenvalue weighted by molar-refractivity contribution is 0.960. The number of hydrogen-bond donors (Lipinski definition) is 0. The molecule has 0 atom stereocenters. The van der Waals surface area contributed by atoms with Gasteiger partial charge in [0, 0.05) is 17.1 Å². The maximum Gasteiger partial charge on any atom is 0.0998 e. The van der Waals surface area contributed by atoms with Crippen molar-refractivity contribution < 1.29 is 0 Å². The molecule has 0 saturated carbocycles. The number of nitriles is 1. The van der Waals surface area contributed by atoms with Gasteiger partial charge in [-0.05, 0) is 74.2 Å². The van der Waals surface area contributed by atoms with E-state index in [-0.39, 0.29) is 0 Å². The lowest BCUT2D eigenvalue weighted by Crippen LogP contribution is -2.00. The van der Waals surface area contributed by atoms with Crippen molar-refractivity contribution in [3.05, 3.63) is 88.2 Å². The Labute approximate surface area is 149 Å². The van der Waals surface area contributed by atoms with E-state index in [1.165, 1.54) is 22.5 Å². The van der Waals surface area contributed by atoms with Crippen LogP contribution in [0.1, 0.15) is 33.6 Å². The number of aromatic nitrogens is 1. The van der Waals surface area contributed by atoms with Gasteiger partial charge in [-0.1, -0.05) is 36.4 Å². The number of nitrogens with zero attached hydrogens (tertiary/aromatic N) is 2. The molecule has 0 spiro atoms. The normalized spacial score (nSPS) is 11.4. The first-order valence-electron chi connectivity index (χ1n) is 8.44. The predicted octanol–water partition coefficient (Wildman–Crippen LogP) is 5.78. The molecule has 0 fully saturated rings. The van der Waals surface area contributed by atoms with Crippen LogP contribution in [0.3, 0.4) is 0 Å². The highest BCUT2D eigenvalue weighted by Crippen LogP contribution is 2.26. The van der Waals surface area contributed by atoms with Gasteiger partial charge >= 0.3 is 0 Å². The Morgan fingerprint density at radius 3 is 2.16 bits per heavy atom. The summed E-state index contributed by atoms with van der Waals surface area (Å²) in [4.78, 5) is 0. The summed E-state index contributed by atoms with van der Waals surface area (Å²) in [5.74, 6) is 0. The van der Waals surface area contributed by atoms with Crippen LogP contribution < -0.4 is 0 Å². The minimum Gasteiger partial charge on any atom is -0.318 e. The summed E-state index contributed by atoms with van der Waals surface area (Å²) < 4.78 is 2.26. The van der Waals surface area contributed by atoms with Crippen LogP contribution in [0, 0.1) is 39.0 Å². The number of aryl methyl sites for hydroxylation is 3. The van der Waals surface area contributed by atoms with Gasteiger partial charge in [0.05, 0.1) is 11.6 Å². The smallest absolute Gasteiger partial charge is 0.0998 e. The van der Waals surface area contributed by atoms with Gasteiger partial charge in [-0.25, -0.2) is 0 Å². The van der Waals surface area contributed by atoms with Gasteiger partial charge in [0.15, 0.2) is 0 Å². The molecule has 1 heterocycles. The summed E-state index contributed by atoms with van der Waals surface area (Å²) in [7, 11) is 0. The highest BCUT2D eigenvalue weighted by Gasteiger charge is 2.11. The van der Waals surface area contributed by atoms with Crippen LogP contribution in [-0.4, -0.2) is 4.57 Å². The Morgan fingerprint density at radius 2 is 1.56 bits per heavy atom. The molecular formula is C23H22N2. The van der Waals surface area contributed by atoms with Crippen molar-refractivity contribution in [3.8, 4) is 11.8 Å². The van der Waals surface area contributed by atoms with Gasteiger partial charge in [0.2, 0.25) is 0 Å². The predicted molar refractivity (Wildman–Crippen MR) is 105 cm³/mol. The van der Waals surface area contributed by atoms with Crippen LogP contribution in [0.2, 0.25) is 0 Å². The Balaban J connectivity index is 2.11. The van der Waals surface area contributed by atoms with Gasteiger partial charge in [0.1, 0.15) is 0 Å². The fourth-order valence-corrected chi connectivity index (χ4v) is 3.36. The molecule has 25 heavy (non-hydrogen) atoms. The summed E-state index contributed by atoms with van der Waals surface area (Å²) in [6.07, 6.45) is 1.98. The van der Waals surface area contributed by atoms with Gasteiger partial charge < -0.3 is 4.57 Å². The molecule has 0 unspecified atom stereocenters. The van der Waals surface area contributed by atoms with E-state index in [1.807, 2.05) is 36.4 Å². The molecule has 3 aromatic rings. The Kier molecular flexibility index (Phi) is 4.59. The van der Waals surface area contributed by atoms with Gasteiger partial charge in [-0.3, -0.25) is 0 Å². The molecule has 0 aliphatic carbocycles. The van der Waals surface area contributed by atoms with E-state index in [2.05, 4.69) is 62.6 Å². The fraction of sp³-hybridized carbons (Fsp3) is 0.174. The van der Waals surface area contributed by atoms with E-state index in [1.54, 1.807) is 0 Å². The van der Waals surface area contributed by atoms with Crippen molar-refractivity contribution >= 4 is 11.6 Å². The van der Waals surface area contributed by atoms with Crippen LogP contribution >= 0.6 is 0 Å². The molecule has 2 aromatic carbocycles. The molecule has 0 N–H and O–H groups in total. The van der Waals surface area contributed by atoms with Crippen LogP contribution in [0.15, 0.2) is 54.6 Å². The third-order valence-electron chi connectivity index (χ3n) is 4.44. The van der Waals surface area contributed by atoms with Crippen LogP contribution in [0.5, 0.6) is 0 Å².